The summed E-state index contributed by atoms with van der Waals surface area (Å²) in [5.41, 5.74) is 2.19. The van der Waals surface area contributed by atoms with E-state index in [-0.39, 0.29) is 17.9 Å². The number of hydrogen-bond acceptors (Lipinski definition) is 2. The van der Waals surface area contributed by atoms with Gasteiger partial charge < -0.3 is 15.0 Å². The van der Waals surface area contributed by atoms with E-state index in [1.54, 1.807) is 0 Å². The van der Waals surface area contributed by atoms with E-state index in [2.05, 4.69) is 35.1 Å². The molecule has 1 aromatic heterocycles. The number of aryl methyl sites for hydroxylation is 1. The second-order valence-corrected chi connectivity index (χ2v) is 6.91. The fraction of sp³-hybridized carbons (Fsp3) is 0.526. The Labute approximate surface area is 138 Å². The molecule has 0 aliphatic carbocycles. The molecule has 2 rings (SSSR count). The van der Waals surface area contributed by atoms with Crippen LogP contribution in [0.2, 0.25) is 0 Å². The first-order chi connectivity index (χ1) is 11.0. The van der Waals surface area contributed by atoms with Gasteiger partial charge in [-0.25, -0.2) is 0 Å². The third-order valence-corrected chi connectivity index (χ3v) is 4.34. The lowest BCUT2D eigenvalue weighted by molar-refractivity contribution is -0.120. The molecule has 0 saturated heterocycles. The minimum Gasteiger partial charge on any atom is -0.396 e. The minimum absolute atomic E-state index is 0.0609. The van der Waals surface area contributed by atoms with Crippen molar-refractivity contribution in [3.8, 4) is 0 Å². The normalized spacial score (nSPS) is 11.8. The summed E-state index contributed by atoms with van der Waals surface area (Å²) in [6, 6.07) is 8.22. The molecule has 0 aliphatic heterocycles. The smallest absolute Gasteiger partial charge is 0.224 e. The molecule has 0 saturated carbocycles. The molecular weight excluding hydrogens is 288 g/mol. The predicted molar refractivity (Wildman–Crippen MR) is 94.4 cm³/mol. The Hall–Kier alpha value is -1.81. The van der Waals surface area contributed by atoms with E-state index in [9.17, 15) is 9.90 Å². The number of para-hydroxylation sites is 1. The van der Waals surface area contributed by atoms with Gasteiger partial charge in [0.2, 0.25) is 5.91 Å². The Bertz CT molecular complexity index is 658. The van der Waals surface area contributed by atoms with Crippen molar-refractivity contribution in [1.82, 2.24) is 9.88 Å². The molecule has 2 N–H and O–H groups in total. The van der Waals surface area contributed by atoms with Gasteiger partial charge in [0.25, 0.3) is 0 Å². The van der Waals surface area contributed by atoms with Gasteiger partial charge in [-0.15, -0.1) is 0 Å². The van der Waals surface area contributed by atoms with Crippen molar-refractivity contribution in [3.63, 3.8) is 0 Å². The number of aromatic nitrogens is 1. The summed E-state index contributed by atoms with van der Waals surface area (Å²) in [6.07, 6.45) is 4.28. The van der Waals surface area contributed by atoms with E-state index in [0.717, 1.165) is 30.3 Å². The molecule has 0 radical (unpaired) electrons. The molecule has 4 heteroatoms. The molecule has 4 nitrogen and oxygen atoms in total. The average Bonchev–Trinajstić information content (AvgIpc) is 2.90. The van der Waals surface area contributed by atoms with E-state index >= 15 is 0 Å². The van der Waals surface area contributed by atoms with Gasteiger partial charge in [0, 0.05) is 36.8 Å². The van der Waals surface area contributed by atoms with Crippen molar-refractivity contribution in [2.45, 2.75) is 46.6 Å². The zero-order chi connectivity index (χ0) is 16.9. The van der Waals surface area contributed by atoms with Gasteiger partial charge in [-0.05, 0) is 36.8 Å². The number of benzene rings is 1. The Morgan fingerprint density at radius 3 is 2.74 bits per heavy atom. The van der Waals surface area contributed by atoms with Gasteiger partial charge in [0.15, 0.2) is 0 Å². The Morgan fingerprint density at radius 2 is 2.04 bits per heavy atom. The van der Waals surface area contributed by atoms with E-state index in [1.165, 1.54) is 5.52 Å². The highest BCUT2D eigenvalue weighted by Crippen LogP contribution is 2.22. The van der Waals surface area contributed by atoms with Crippen LogP contribution in [0.3, 0.4) is 0 Å². The van der Waals surface area contributed by atoms with E-state index in [0.29, 0.717) is 13.0 Å². The maximum absolute atomic E-state index is 12.2. The Morgan fingerprint density at radius 1 is 1.30 bits per heavy atom. The summed E-state index contributed by atoms with van der Waals surface area (Å²) in [5.74, 6) is 0.0609. The average molecular weight is 316 g/mol. The van der Waals surface area contributed by atoms with Crippen LogP contribution < -0.4 is 5.32 Å². The molecule has 1 amide bonds. The number of amides is 1. The highest BCUT2D eigenvalue weighted by molar-refractivity contribution is 5.89. The van der Waals surface area contributed by atoms with Crippen LogP contribution in [0.15, 0.2) is 30.5 Å². The first-order valence-corrected chi connectivity index (χ1v) is 8.41. The SMILES string of the molecule is CCn1cc(CC(=O)NCCCC(C)(C)CO)c2ccccc21. The van der Waals surface area contributed by atoms with E-state index < -0.39 is 0 Å². The van der Waals surface area contributed by atoms with Crippen molar-refractivity contribution in [3.05, 3.63) is 36.0 Å². The molecule has 0 aliphatic rings. The number of aliphatic hydroxyl groups is 1. The molecule has 23 heavy (non-hydrogen) atoms. The zero-order valence-corrected chi connectivity index (χ0v) is 14.4. The lowest BCUT2D eigenvalue weighted by Gasteiger charge is -2.21. The van der Waals surface area contributed by atoms with Crippen LogP contribution in [0.25, 0.3) is 10.9 Å². The third-order valence-electron chi connectivity index (χ3n) is 4.34. The van der Waals surface area contributed by atoms with E-state index in [1.807, 2.05) is 26.0 Å². The van der Waals surface area contributed by atoms with Crippen molar-refractivity contribution < 1.29 is 9.90 Å². The zero-order valence-electron chi connectivity index (χ0n) is 14.4. The fourth-order valence-electron chi connectivity index (χ4n) is 2.83. The second-order valence-electron chi connectivity index (χ2n) is 6.91. The van der Waals surface area contributed by atoms with Gasteiger partial charge in [0.05, 0.1) is 6.42 Å². The van der Waals surface area contributed by atoms with Gasteiger partial charge in [-0.1, -0.05) is 32.0 Å². The fourth-order valence-corrected chi connectivity index (χ4v) is 2.83. The van der Waals surface area contributed by atoms with Crippen molar-refractivity contribution >= 4 is 16.8 Å². The van der Waals surface area contributed by atoms with Gasteiger partial charge in [-0.2, -0.15) is 0 Å². The van der Waals surface area contributed by atoms with Crippen LogP contribution in [0.1, 0.15) is 39.2 Å². The Balaban J connectivity index is 1.91. The monoisotopic (exact) mass is 316 g/mol. The molecule has 0 spiro atoms. The maximum Gasteiger partial charge on any atom is 0.224 e. The second kappa shape index (κ2) is 7.64. The number of carbonyl (C=O) groups excluding carboxylic acids is 1. The molecule has 0 atom stereocenters. The number of nitrogens with one attached hydrogen (secondary N) is 1. The van der Waals surface area contributed by atoms with Gasteiger partial charge >= 0.3 is 0 Å². The standard InChI is InChI=1S/C19H28N2O2/c1-4-21-13-15(16-8-5-6-9-17(16)21)12-18(23)20-11-7-10-19(2,3)14-22/h5-6,8-9,13,22H,4,7,10-12,14H2,1-3H3,(H,20,23). The summed E-state index contributed by atoms with van der Waals surface area (Å²) < 4.78 is 2.18. The molecule has 0 unspecified atom stereocenters. The third kappa shape index (κ3) is 4.58. The Kier molecular flexibility index (Phi) is 5.83. The van der Waals surface area contributed by atoms with Crippen LogP contribution in [-0.4, -0.2) is 28.7 Å². The first kappa shape index (κ1) is 17.5. The quantitative estimate of drug-likeness (QED) is 0.735. The molecule has 0 bridgehead atoms. The van der Waals surface area contributed by atoms with Crippen molar-refractivity contribution in [1.29, 1.82) is 0 Å². The molecule has 2 aromatic rings. The number of aliphatic hydroxyl groups excluding tert-OH is 1. The van der Waals surface area contributed by atoms with Gasteiger partial charge in [0.1, 0.15) is 0 Å². The number of rotatable bonds is 8. The summed E-state index contributed by atoms with van der Waals surface area (Å²) in [5, 5.41) is 13.4. The lowest BCUT2D eigenvalue weighted by Crippen LogP contribution is -2.27. The maximum atomic E-state index is 12.2. The lowest BCUT2D eigenvalue weighted by atomic mass is 9.89. The molecule has 0 fully saturated rings. The molecular formula is C19H28N2O2. The number of hydrogen-bond donors (Lipinski definition) is 2. The van der Waals surface area contributed by atoms with Crippen LogP contribution in [0.4, 0.5) is 0 Å². The van der Waals surface area contributed by atoms with Crippen LogP contribution >= 0.6 is 0 Å². The summed E-state index contributed by atoms with van der Waals surface area (Å²) in [4.78, 5) is 12.2. The highest BCUT2D eigenvalue weighted by Gasteiger charge is 2.16. The number of nitrogens with zero attached hydrogens (tertiary/aromatic N) is 1. The van der Waals surface area contributed by atoms with Crippen LogP contribution in [0.5, 0.6) is 0 Å². The summed E-state index contributed by atoms with van der Waals surface area (Å²) in [7, 11) is 0. The number of carbonyl (C=O) groups is 1. The summed E-state index contributed by atoms with van der Waals surface area (Å²) >= 11 is 0. The number of fused-ring (bicyclic) bond motifs is 1. The van der Waals surface area contributed by atoms with Crippen molar-refractivity contribution in [2.24, 2.45) is 5.41 Å². The highest BCUT2D eigenvalue weighted by atomic mass is 16.3. The van der Waals surface area contributed by atoms with Crippen LogP contribution in [-0.2, 0) is 17.8 Å². The minimum atomic E-state index is -0.0702. The van der Waals surface area contributed by atoms with Gasteiger partial charge in [-0.3, -0.25) is 4.79 Å². The topological polar surface area (TPSA) is 54.3 Å². The molecule has 1 aromatic carbocycles. The van der Waals surface area contributed by atoms with Crippen molar-refractivity contribution in [2.75, 3.05) is 13.2 Å². The predicted octanol–water partition coefficient (Wildman–Crippen LogP) is 3.12. The molecule has 1 heterocycles. The van der Waals surface area contributed by atoms with Crippen LogP contribution in [0, 0.1) is 5.41 Å². The first-order valence-electron chi connectivity index (χ1n) is 8.41. The summed E-state index contributed by atoms with van der Waals surface area (Å²) in [6.45, 7) is 7.92. The molecule has 126 valence electrons. The van der Waals surface area contributed by atoms with E-state index in [4.69, 9.17) is 0 Å². The largest absolute Gasteiger partial charge is 0.396 e.